The van der Waals surface area contributed by atoms with Crippen LogP contribution in [0, 0.1) is 5.92 Å². The molecule has 0 saturated carbocycles. The molecule has 2 atom stereocenters. The predicted octanol–water partition coefficient (Wildman–Crippen LogP) is -1.29. The molecule has 2 fully saturated rings. The molecule has 0 bridgehead atoms. The largest absolute Gasteiger partial charge is 0.480 e. The van der Waals surface area contributed by atoms with Crippen LogP contribution in [0.5, 0.6) is 0 Å². The Morgan fingerprint density at radius 2 is 2.00 bits per heavy atom. The minimum atomic E-state index is -1.04. The fraction of sp³-hybridized carbons (Fsp3) is 0.625. The first-order valence-electron chi connectivity index (χ1n) is 8.48. The molecule has 2 aliphatic rings. The Morgan fingerprint density at radius 1 is 1.28 bits per heavy atom. The van der Waals surface area contributed by atoms with Crippen LogP contribution in [0.1, 0.15) is 24.6 Å². The van der Waals surface area contributed by atoms with Crippen LogP contribution in [0.3, 0.4) is 0 Å². The average molecular weight is 349 g/mol. The average Bonchev–Trinajstić information content (AvgIpc) is 2.60. The molecule has 0 aliphatic carbocycles. The van der Waals surface area contributed by atoms with Crippen molar-refractivity contribution in [3.63, 3.8) is 0 Å². The van der Waals surface area contributed by atoms with E-state index >= 15 is 0 Å². The van der Waals surface area contributed by atoms with Crippen LogP contribution >= 0.6 is 0 Å². The van der Waals surface area contributed by atoms with Crippen LogP contribution in [0.4, 0.5) is 0 Å². The Hall–Kier alpha value is -2.26. The summed E-state index contributed by atoms with van der Waals surface area (Å²) in [7, 11) is 1.56. The highest BCUT2D eigenvalue weighted by molar-refractivity contribution is 5.86. The van der Waals surface area contributed by atoms with Crippen LogP contribution in [0.2, 0.25) is 0 Å². The molecule has 25 heavy (non-hydrogen) atoms. The Labute approximate surface area is 145 Å². The number of rotatable bonds is 4. The SMILES string of the molecule is Cn1nc(C(C2CCNCC2)N2C(=O)CNCC2C(=O)O)ccc1=O. The van der Waals surface area contributed by atoms with E-state index in [1.807, 2.05) is 0 Å². The van der Waals surface area contributed by atoms with Crippen LogP contribution < -0.4 is 16.2 Å². The number of carbonyl (C=O) groups is 2. The van der Waals surface area contributed by atoms with Gasteiger partial charge in [0.15, 0.2) is 0 Å². The lowest BCUT2D eigenvalue weighted by atomic mass is 9.85. The van der Waals surface area contributed by atoms with Crippen LogP contribution in [0.25, 0.3) is 0 Å². The smallest absolute Gasteiger partial charge is 0.327 e. The Kier molecular flexibility index (Phi) is 5.14. The van der Waals surface area contributed by atoms with E-state index in [4.69, 9.17) is 0 Å². The van der Waals surface area contributed by atoms with E-state index in [9.17, 15) is 19.5 Å². The van der Waals surface area contributed by atoms with Crippen molar-refractivity contribution in [2.24, 2.45) is 13.0 Å². The van der Waals surface area contributed by atoms with Crippen molar-refractivity contribution in [3.05, 3.63) is 28.2 Å². The van der Waals surface area contributed by atoms with Crippen LogP contribution in [-0.4, -0.2) is 63.9 Å². The van der Waals surface area contributed by atoms with Gasteiger partial charge in [-0.1, -0.05) is 0 Å². The van der Waals surface area contributed by atoms with E-state index in [2.05, 4.69) is 15.7 Å². The number of nitrogens with zero attached hydrogens (tertiary/aromatic N) is 3. The van der Waals surface area contributed by atoms with E-state index < -0.39 is 18.1 Å². The number of aliphatic carboxylic acids is 1. The molecule has 3 rings (SSSR count). The van der Waals surface area contributed by atoms with Gasteiger partial charge in [-0.15, -0.1) is 0 Å². The molecule has 0 aromatic carbocycles. The van der Waals surface area contributed by atoms with Gasteiger partial charge < -0.3 is 20.6 Å². The molecule has 2 aliphatic heterocycles. The number of nitrogens with one attached hydrogen (secondary N) is 2. The van der Waals surface area contributed by atoms with Gasteiger partial charge in [0.1, 0.15) is 6.04 Å². The Morgan fingerprint density at radius 3 is 2.64 bits per heavy atom. The van der Waals surface area contributed by atoms with Crippen molar-refractivity contribution < 1.29 is 14.7 Å². The summed E-state index contributed by atoms with van der Waals surface area (Å²) in [6.45, 7) is 1.93. The summed E-state index contributed by atoms with van der Waals surface area (Å²) in [4.78, 5) is 37.5. The second kappa shape index (κ2) is 7.32. The van der Waals surface area contributed by atoms with Crippen molar-refractivity contribution in [1.29, 1.82) is 0 Å². The number of carboxylic acids is 1. The summed E-state index contributed by atoms with van der Waals surface area (Å²) in [5.74, 6) is -1.20. The number of aryl methyl sites for hydroxylation is 1. The van der Waals surface area contributed by atoms with E-state index in [-0.39, 0.29) is 30.5 Å². The third-order valence-electron chi connectivity index (χ3n) is 4.94. The van der Waals surface area contributed by atoms with Crippen LogP contribution in [-0.2, 0) is 16.6 Å². The molecular weight excluding hydrogens is 326 g/mol. The maximum absolute atomic E-state index is 12.6. The predicted molar refractivity (Wildman–Crippen MR) is 89.0 cm³/mol. The molecule has 0 spiro atoms. The van der Waals surface area contributed by atoms with Crippen LogP contribution in [0.15, 0.2) is 16.9 Å². The third-order valence-corrected chi connectivity index (χ3v) is 4.94. The zero-order chi connectivity index (χ0) is 18.0. The first-order valence-corrected chi connectivity index (χ1v) is 8.48. The van der Waals surface area contributed by atoms with Gasteiger partial charge in [0.25, 0.3) is 5.56 Å². The van der Waals surface area contributed by atoms with Gasteiger partial charge in [0, 0.05) is 19.7 Å². The minimum absolute atomic E-state index is 0.0927. The Bertz CT molecular complexity index is 713. The first-order chi connectivity index (χ1) is 12.0. The minimum Gasteiger partial charge on any atom is -0.480 e. The fourth-order valence-corrected chi connectivity index (χ4v) is 3.68. The molecule has 9 heteroatoms. The molecule has 0 radical (unpaired) electrons. The second-order valence-corrected chi connectivity index (χ2v) is 6.54. The lowest BCUT2D eigenvalue weighted by Gasteiger charge is -2.43. The molecule has 2 saturated heterocycles. The molecule has 2 unspecified atom stereocenters. The van der Waals surface area contributed by atoms with Crippen molar-refractivity contribution in [2.45, 2.75) is 24.9 Å². The number of amides is 1. The van der Waals surface area contributed by atoms with Gasteiger partial charge in [0.2, 0.25) is 5.91 Å². The van der Waals surface area contributed by atoms with Gasteiger partial charge in [-0.2, -0.15) is 5.10 Å². The van der Waals surface area contributed by atoms with E-state index in [0.29, 0.717) is 5.69 Å². The fourth-order valence-electron chi connectivity index (χ4n) is 3.68. The lowest BCUT2D eigenvalue weighted by molar-refractivity contribution is -0.156. The summed E-state index contributed by atoms with van der Waals surface area (Å²) in [6.07, 6.45) is 1.64. The number of hydrogen-bond acceptors (Lipinski definition) is 6. The topological polar surface area (TPSA) is 117 Å². The third kappa shape index (κ3) is 3.57. The standard InChI is InChI=1S/C16H23N5O4/c1-20-13(22)3-2-11(19-20)15(10-4-6-17-7-5-10)21-12(16(24)25)8-18-9-14(21)23/h2-3,10,12,15,17-18H,4-9H2,1H3,(H,24,25). The number of aromatic nitrogens is 2. The summed E-state index contributed by atoms with van der Waals surface area (Å²) >= 11 is 0. The van der Waals surface area contributed by atoms with E-state index in [1.165, 1.54) is 15.6 Å². The highest BCUT2D eigenvalue weighted by Crippen LogP contribution is 2.35. The van der Waals surface area contributed by atoms with Gasteiger partial charge >= 0.3 is 5.97 Å². The van der Waals surface area contributed by atoms with Gasteiger partial charge in [-0.05, 0) is 37.9 Å². The van der Waals surface area contributed by atoms with Crippen molar-refractivity contribution >= 4 is 11.9 Å². The molecule has 3 heterocycles. The first kappa shape index (κ1) is 17.6. The zero-order valence-corrected chi connectivity index (χ0v) is 14.1. The van der Waals surface area contributed by atoms with E-state index in [1.54, 1.807) is 13.1 Å². The number of piperidine rings is 1. The Balaban J connectivity index is 2.05. The summed E-state index contributed by atoms with van der Waals surface area (Å²) < 4.78 is 1.23. The molecule has 136 valence electrons. The maximum atomic E-state index is 12.6. The van der Waals surface area contributed by atoms with Crippen molar-refractivity contribution in [2.75, 3.05) is 26.2 Å². The maximum Gasteiger partial charge on any atom is 0.327 e. The number of carbonyl (C=O) groups excluding carboxylic acids is 1. The molecular formula is C16H23N5O4. The molecule has 3 N–H and O–H groups in total. The zero-order valence-electron chi connectivity index (χ0n) is 14.1. The number of piperazine rings is 1. The molecule has 1 aromatic heterocycles. The highest BCUT2D eigenvalue weighted by Gasteiger charge is 2.42. The quantitative estimate of drug-likeness (QED) is 0.619. The highest BCUT2D eigenvalue weighted by atomic mass is 16.4. The summed E-state index contributed by atoms with van der Waals surface area (Å²) in [6, 6.07) is 1.63. The number of hydrogen-bond donors (Lipinski definition) is 3. The van der Waals surface area contributed by atoms with E-state index in [0.717, 1.165) is 25.9 Å². The van der Waals surface area contributed by atoms with Crippen molar-refractivity contribution in [3.8, 4) is 0 Å². The van der Waals surface area contributed by atoms with Gasteiger partial charge in [0.05, 0.1) is 18.3 Å². The number of carboxylic acid groups (broad SMARTS) is 1. The summed E-state index contributed by atoms with van der Waals surface area (Å²) in [5, 5.41) is 20.1. The normalized spacial score (nSPS) is 23.5. The lowest BCUT2D eigenvalue weighted by Crippen LogP contribution is -2.60. The molecule has 1 amide bonds. The monoisotopic (exact) mass is 349 g/mol. The molecule has 1 aromatic rings. The van der Waals surface area contributed by atoms with Gasteiger partial charge in [-0.25, -0.2) is 9.48 Å². The van der Waals surface area contributed by atoms with Crippen molar-refractivity contribution in [1.82, 2.24) is 25.3 Å². The molecule has 9 nitrogen and oxygen atoms in total. The summed E-state index contributed by atoms with van der Waals surface area (Å²) in [5.41, 5.74) is 0.324. The van der Waals surface area contributed by atoms with Gasteiger partial charge in [-0.3, -0.25) is 9.59 Å². The second-order valence-electron chi connectivity index (χ2n) is 6.54.